The van der Waals surface area contributed by atoms with Crippen molar-refractivity contribution in [2.24, 2.45) is 0 Å². The Hall–Kier alpha value is -1.04. The summed E-state index contributed by atoms with van der Waals surface area (Å²) in [5.74, 6) is -0.171. The molecule has 1 aromatic heterocycles. The summed E-state index contributed by atoms with van der Waals surface area (Å²) in [4.78, 5) is 10.6. The van der Waals surface area contributed by atoms with E-state index in [2.05, 4.69) is 32.6 Å². The molecule has 1 heterocycles. The Kier molecular flexibility index (Phi) is 2.27. The average Bonchev–Trinajstić information content (AvgIpc) is 2.40. The SMILES string of the molecule is O=C(CS)Nc1nnco1. The third-order valence-corrected chi connectivity index (χ3v) is 1.04. The maximum Gasteiger partial charge on any atom is 0.322 e. The fourth-order valence-electron chi connectivity index (χ4n) is 0.386. The highest BCUT2D eigenvalue weighted by atomic mass is 32.1. The number of thiol groups is 1. The minimum Gasteiger partial charge on any atom is -0.411 e. The molecule has 0 aliphatic carbocycles. The minimum atomic E-state index is -0.271. The molecule has 0 spiro atoms. The van der Waals surface area contributed by atoms with E-state index in [0.717, 1.165) is 6.39 Å². The number of anilines is 1. The molecule has 0 atom stereocenters. The van der Waals surface area contributed by atoms with Gasteiger partial charge in [-0.05, 0) is 0 Å². The second-order valence-corrected chi connectivity index (χ2v) is 1.77. The van der Waals surface area contributed by atoms with Crippen molar-refractivity contribution in [3.05, 3.63) is 6.39 Å². The van der Waals surface area contributed by atoms with Gasteiger partial charge in [0, 0.05) is 0 Å². The van der Waals surface area contributed by atoms with Crippen LogP contribution in [0.15, 0.2) is 10.8 Å². The molecule has 5 nitrogen and oxygen atoms in total. The van der Waals surface area contributed by atoms with Crippen molar-refractivity contribution in [2.75, 3.05) is 11.1 Å². The number of carbonyl (C=O) groups excluding carboxylic acids is 1. The van der Waals surface area contributed by atoms with Crippen molar-refractivity contribution in [1.82, 2.24) is 10.2 Å². The van der Waals surface area contributed by atoms with Gasteiger partial charge >= 0.3 is 6.01 Å². The number of rotatable bonds is 2. The number of hydrogen-bond acceptors (Lipinski definition) is 5. The molecule has 0 aliphatic heterocycles. The highest BCUT2D eigenvalue weighted by Crippen LogP contribution is 1.97. The van der Waals surface area contributed by atoms with E-state index in [1.54, 1.807) is 0 Å². The first-order valence-corrected chi connectivity index (χ1v) is 3.13. The summed E-state index contributed by atoms with van der Waals surface area (Å²) in [5, 5.41) is 9.09. The van der Waals surface area contributed by atoms with Crippen molar-refractivity contribution in [3.8, 4) is 0 Å². The van der Waals surface area contributed by atoms with Crippen LogP contribution in [0.25, 0.3) is 0 Å². The van der Waals surface area contributed by atoms with Crippen LogP contribution in [0.3, 0.4) is 0 Å². The van der Waals surface area contributed by atoms with Gasteiger partial charge in [0.1, 0.15) is 0 Å². The summed E-state index contributed by atoms with van der Waals surface area (Å²) < 4.78 is 4.62. The Morgan fingerprint density at radius 3 is 3.20 bits per heavy atom. The molecule has 1 rings (SSSR count). The van der Waals surface area contributed by atoms with E-state index in [9.17, 15) is 4.79 Å². The smallest absolute Gasteiger partial charge is 0.322 e. The van der Waals surface area contributed by atoms with E-state index in [1.807, 2.05) is 0 Å². The lowest BCUT2D eigenvalue weighted by Crippen LogP contribution is -2.12. The summed E-state index contributed by atoms with van der Waals surface area (Å²) in [6.45, 7) is 0. The van der Waals surface area contributed by atoms with Crippen molar-refractivity contribution in [2.45, 2.75) is 0 Å². The zero-order chi connectivity index (χ0) is 7.40. The van der Waals surface area contributed by atoms with Crippen LogP contribution in [-0.4, -0.2) is 21.9 Å². The minimum absolute atomic E-state index is 0.0963. The molecular formula is C4H5N3O2S. The van der Waals surface area contributed by atoms with Crippen LogP contribution >= 0.6 is 12.6 Å². The molecule has 0 fully saturated rings. The fraction of sp³-hybridized carbons (Fsp3) is 0.250. The van der Waals surface area contributed by atoms with Crippen molar-refractivity contribution in [3.63, 3.8) is 0 Å². The molecule has 0 saturated heterocycles. The molecule has 0 saturated carbocycles. The largest absolute Gasteiger partial charge is 0.411 e. The Morgan fingerprint density at radius 2 is 2.70 bits per heavy atom. The maximum absolute atomic E-state index is 10.6. The van der Waals surface area contributed by atoms with Crippen molar-refractivity contribution < 1.29 is 9.21 Å². The molecule has 6 heteroatoms. The Morgan fingerprint density at radius 1 is 1.90 bits per heavy atom. The summed E-state index contributed by atoms with van der Waals surface area (Å²) >= 11 is 3.72. The van der Waals surface area contributed by atoms with Gasteiger partial charge in [-0.1, -0.05) is 5.10 Å². The van der Waals surface area contributed by atoms with Gasteiger partial charge in [0.25, 0.3) is 0 Å². The van der Waals surface area contributed by atoms with E-state index < -0.39 is 0 Å². The van der Waals surface area contributed by atoms with Crippen molar-refractivity contribution >= 4 is 24.6 Å². The Bertz CT molecular complexity index is 210. The normalized spacial score (nSPS) is 9.30. The first-order chi connectivity index (χ1) is 4.83. The van der Waals surface area contributed by atoms with Gasteiger partial charge in [0.2, 0.25) is 12.3 Å². The topological polar surface area (TPSA) is 68.0 Å². The highest BCUT2D eigenvalue weighted by molar-refractivity contribution is 7.81. The molecule has 1 aromatic rings. The lowest BCUT2D eigenvalue weighted by atomic mass is 10.7. The molecule has 0 radical (unpaired) electrons. The maximum atomic E-state index is 10.6. The number of hydrogen-bond donors (Lipinski definition) is 2. The van der Waals surface area contributed by atoms with E-state index in [1.165, 1.54) is 0 Å². The average molecular weight is 159 g/mol. The van der Waals surface area contributed by atoms with Gasteiger partial charge in [0.05, 0.1) is 5.75 Å². The summed E-state index contributed by atoms with van der Waals surface area (Å²) in [6.07, 6.45) is 1.13. The fourth-order valence-corrected chi connectivity index (χ4v) is 0.465. The van der Waals surface area contributed by atoms with Crippen LogP contribution in [-0.2, 0) is 4.79 Å². The van der Waals surface area contributed by atoms with E-state index in [0.29, 0.717) is 0 Å². The molecule has 1 N–H and O–H groups in total. The monoisotopic (exact) mass is 159 g/mol. The van der Waals surface area contributed by atoms with Gasteiger partial charge in [-0.25, -0.2) is 0 Å². The molecule has 0 bridgehead atoms. The quantitative estimate of drug-likeness (QED) is 0.593. The van der Waals surface area contributed by atoms with Crippen molar-refractivity contribution in [1.29, 1.82) is 0 Å². The van der Waals surface area contributed by atoms with Gasteiger partial charge in [-0.15, -0.1) is 5.10 Å². The lowest BCUT2D eigenvalue weighted by Gasteiger charge is -1.92. The third-order valence-electron chi connectivity index (χ3n) is 0.750. The highest BCUT2D eigenvalue weighted by Gasteiger charge is 2.01. The number of aromatic nitrogens is 2. The molecule has 10 heavy (non-hydrogen) atoms. The summed E-state index contributed by atoms with van der Waals surface area (Å²) in [5.41, 5.74) is 0. The van der Waals surface area contributed by atoms with Gasteiger partial charge in [0.15, 0.2) is 0 Å². The van der Waals surface area contributed by atoms with Crippen LogP contribution in [0, 0.1) is 0 Å². The van der Waals surface area contributed by atoms with E-state index in [4.69, 9.17) is 0 Å². The molecular weight excluding hydrogens is 154 g/mol. The zero-order valence-electron chi connectivity index (χ0n) is 4.94. The molecule has 0 unspecified atom stereocenters. The second-order valence-electron chi connectivity index (χ2n) is 1.45. The van der Waals surface area contributed by atoms with Gasteiger partial charge in [-0.3, -0.25) is 10.1 Å². The molecule has 0 aliphatic rings. The molecule has 54 valence electrons. The number of carbonyl (C=O) groups is 1. The number of amides is 1. The van der Waals surface area contributed by atoms with Crippen LogP contribution in [0.5, 0.6) is 0 Å². The molecule has 0 aromatic carbocycles. The third kappa shape index (κ3) is 1.73. The van der Waals surface area contributed by atoms with Gasteiger partial charge in [-0.2, -0.15) is 12.6 Å². The predicted octanol–water partition coefficient (Wildman–Crippen LogP) is -0.0621. The van der Waals surface area contributed by atoms with Crippen LogP contribution in [0.4, 0.5) is 6.01 Å². The number of nitrogens with zero attached hydrogens (tertiary/aromatic N) is 2. The Balaban J connectivity index is 2.48. The summed E-state index contributed by atoms with van der Waals surface area (Å²) in [7, 11) is 0. The lowest BCUT2D eigenvalue weighted by molar-refractivity contribution is -0.113. The first-order valence-electron chi connectivity index (χ1n) is 2.50. The predicted molar refractivity (Wildman–Crippen MR) is 36.8 cm³/mol. The first kappa shape index (κ1) is 7.07. The van der Waals surface area contributed by atoms with Crippen LogP contribution in [0.2, 0.25) is 0 Å². The van der Waals surface area contributed by atoms with Crippen LogP contribution in [0.1, 0.15) is 0 Å². The van der Waals surface area contributed by atoms with Gasteiger partial charge < -0.3 is 4.42 Å². The van der Waals surface area contributed by atoms with E-state index >= 15 is 0 Å². The zero-order valence-corrected chi connectivity index (χ0v) is 5.84. The Labute approximate surface area is 62.2 Å². The molecule has 1 amide bonds. The second kappa shape index (κ2) is 3.21. The number of nitrogens with one attached hydrogen (secondary N) is 1. The van der Waals surface area contributed by atoms with Crippen LogP contribution < -0.4 is 5.32 Å². The standard InChI is InChI=1S/C4H5N3O2S/c8-3(1-10)6-4-7-5-2-9-4/h2,10H,1H2,(H,6,7,8). The summed E-state index contributed by atoms with van der Waals surface area (Å²) in [6, 6.07) is 0.0963. The van der Waals surface area contributed by atoms with E-state index in [-0.39, 0.29) is 17.7 Å².